The second-order valence-corrected chi connectivity index (χ2v) is 4.46. The van der Waals surface area contributed by atoms with Gasteiger partial charge in [-0.3, -0.25) is 0 Å². The Bertz CT molecular complexity index is 347. The quantitative estimate of drug-likeness (QED) is 0.753. The van der Waals surface area contributed by atoms with Crippen LogP contribution in [0, 0.1) is 0 Å². The maximum absolute atomic E-state index is 9.94. The molecule has 5 heteroatoms. The number of benzene rings is 1. The number of ether oxygens (including phenoxy) is 2. The monoisotopic (exact) mass is 303 g/mol. The molecule has 0 aliphatic heterocycles. The van der Waals surface area contributed by atoms with E-state index in [9.17, 15) is 5.11 Å². The number of aliphatic hydroxyl groups is 1. The Kier molecular flexibility index (Phi) is 6.50. The van der Waals surface area contributed by atoms with Crippen LogP contribution in [-0.2, 0) is 4.74 Å². The van der Waals surface area contributed by atoms with Crippen LogP contribution in [-0.4, -0.2) is 39.0 Å². The third-order valence-corrected chi connectivity index (χ3v) is 3.00. The SMILES string of the molecule is COCCNCC(O)c1ccc(OC)c(Br)c1. The maximum atomic E-state index is 9.94. The molecule has 4 nitrogen and oxygen atoms in total. The van der Waals surface area contributed by atoms with Crippen LogP contribution in [0.25, 0.3) is 0 Å². The topological polar surface area (TPSA) is 50.7 Å². The standard InChI is InChI=1S/C12H18BrNO3/c1-16-6-5-14-8-11(15)9-3-4-12(17-2)10(13)7-9/h3-4,7,11,14-15H,5-6,8H2,1-2H3. The molecule has 2 N–H and O–H groups in total. The van der Waals surface area contributed by atoms with E-state index in [0.717, 1.165) is 22.3 Å². The molecule has 0 radical (unpaired) electrons. The van der Waals surface area contributed by atoms with E-state index < -0.39 is 6.10 Å². The van der Waals surface area contributed by atoms with E-state index >= 15 is 0 Å². The lowest BCUT2D eigenvalue weighted by atomic mass is 10.1. The van der Waals surface area contributed by atoms with Crippen LogP contribution in [0.5, 0.6) is 5.75 Å². The van der Waals surface area contributed by atoms with Gasteiger partial charge >= 0.3 is 0 Å². The third-order valence-electron chi connectivity index (χ3n) is 2.38. The number of halogens is 1. The lowest BCUT2D eigenvalue weighted by Gasteiger charge is -2.13. The van der Waals surface area contributed by atoms with E-state index in [-0.39, 0.29) is 0 Å². The van der Waals surface area contributed by atoms with Gasteiger partial charge in [0.2, 0.25) is 0 Å². The van der Waals surface area contributed by atoms with Gasteiger partial charge in [-0.25, -0.2) is 0 Å². The van der Waals surface area contributed by atoms with Crippen molar-refractivity contribution in [3.63, 3.8) is 0 Å². The number of rotatable bonds is 7. The molecule has 0 saturated carbocycles. The van der Waals surface area contributed by atoms with Gasteiger partial charge in [0, 0.05) is 20.2 Å². The van der Waals surface area contributed by atoms with Gasteiger partial charge in [0.1, 0.15) is 5.75 Å². The van der Waals surface area contributed by atoms with Gasteiger partial charge in [0.05, 0.1) is 24.3 Å². The molecule has 17 heavy (non-hydrogen) atoms. The number of hydrogen-bond acceptors (Lipinski definition) is 4. The Balaban J connectivity index is 2.51. The first kappa shape index (κ1) is 14.4. The highest BCUT2D eigenvalue weighted by atomic mass is 79.9. The summed E-state index contributed by atoms with van der Waals surface area (Å²) in [6.45, 7) is 1.87. The Labute approximate surface area is 110 Å². The molecule has 1 rings (SSSR count). The molecular weight excluding hydrogens is 286 g/mol. The van der Waals surface area contributed by atoms with E-state index in [4.69, 9.17) is 9.47 Å². The zero-order chi connectivity index (χ0) is 12.7. The van der Waals surface area contributed by atoms with E-state index in [1.807, 2.05) is 18.2 Å². The van der Waals surface area contributed by atoms with Crippen molar-refractivity contribution in [2.75, 3.05) is 33.9 Å². The summed E-state index contributed by atoms with van der Waals surface area (Å²) in [7, 11) is 3.27. The summed E-state index contributed by atoms with van der Waals surface area (Å²) in [4.78, 5) is 0. The van der Waals surface area contributed by atoms with Crippen LogP contribution in [0.15, 0.2) is 22.7 Å². The maximum Gasteiger partial charge on any atom is 0.133 e. The number of hydrogen-bond donors (Lipinski definition) is 2. The first-order valence-corrected chi connectivity index (χ1v) is 6.19. The predicted octanol–water partition coefficient (Wildman–Crippen LogP) is 1.73. The molecule has 1 aromatic rings. The van der Waals surface area contributed by atoms with Crippen molar-refractivity contribution < 1.29 is 14.6 Å². The van der Waals surface area contributed by atoms with Gasteiger partial charge in [-0.05, 0) is 33.6 Å². The van der Waals surface area contributed by atoms with Crippen LogP contribution in [0.2, 0.25) is 0 Å². The van der Waals surface area contributed by atoms with Crippen molar-refractivity contribution in [2.45, 2.75) is 6.10 Å². The fourth-order valence-corrected chi connectivity index (χ4v) is 1.98. The average Bonchev–Trinajstić information content (AvgIpc) is 2.34. The van der Waals surface area contributed by atoms with Crippen molar-refractivity contribution in [3.8, 4) is 5.75 Å². The second-order valence-electron chi connectivity index (χ2n) is 3.61. The minimum atomic E-state index is -0.533. The third kappa shape index (κ3) is 4.63. The van der Waals surface area contributed by atoms with Crippen molar-refractivity contribution in [3.05, 3.63) is 28.2 Å². The average molecular weight is 304 g/mol. The zero-order valence-electron chi connectivity index (χ0n) is 10.1. The number of methoxy groups -OCH3 is 2. The lowest BCUT2D eigenvalue weighted by molar-refractivity contribution is 0.161. The summed E-state index contributed by atoms with van der Waals surface area (Å²) in [5.74, 6) is 0.758. The Morgan fingerprint density at radius 3 is 2.76 bits per heavy atom. The Morgan fingerprint density at radius 1 is 1.41 bits per heavy atom. The number of nitrogens with one attached hydrogen (secondary N) is 1. The van der Waals surface area contributed by atoms with Gasteiger partial charge in [0.15, 0.2) is 0 Å². The van der Waals surface area contributed by atoms with E-state index in [1.54, 1.807) is 14.2 Å². The predicted molar refractivity (Wildman–Crippen MR) is 70.4 cm³/mol. The van der Waals surface area contributed by atoms with Gasteiger partial charge in [-0.1, -0.05) is 6.07 Å². The number of aliphatic hydroxyl groups excluding tert-OH is 1. The Hall–Kier alpha value is -0.620. The summed E-state index contributed by atoms with van der Waals surface area (Å²) >= 11 is 3.39. The molecule has 1 aromatic carbocycles. The molecule has 0 aromatic heterocycles. The molecule has 1 atom stereocenters. The van der Waals surface area contributed by atoms with Gasteiger partial charge in [-0.2, -0.15) is 0 Å². The molecule has 0 saturated heterocycles. The van der Waals surface area contributed by atoms with Crippen LogP contribution in [0.1, 0.15) is 11.7 Å². The minimum absolute atomic E-state index is 0.502. The fraction of sp³-hybridized carbons (Fsp3) is 0.500. The minimum Gasteiger partial charge on any atom is -0.496 e. The smallest absolute Gasteiger partial charge is 0.133 e. The van der Waals surface area contributed by atoms with Crippen molar-refractivity contribution in [1.29, 1.82) is 0 Å². The van der Waals surface area contributed by atoms with Crippen molar-refractivity contribution >= 4 is 15.9 Å². The molecule has 96 valence electrons. The highest BCUT2D eigenvalue weighted by molar-refractivity contribution is 9.10. The van der Waals surface area contributed by atoms with E-state index in [0.29, 0.717) is 13.2 Å². The molecule has 0 aliphatic carbocycles. The summed E-state index contributed by atoms with van der Waals surface area (Å²) in [6.07, 6.45) is -0.533. The van der Waals surface area contributed by atoms with Crippen LogP contribution in [0.3, 0.4) is 0 Å². The summed E-state index contributed by atoms with van der Waals surface area (Å²) in [6, 6.07) is 5.55. The molecule has 0 bridgehead atoms. The first-order chi connectivity index (χ1) is 8.19. The Morgan fingerprint density at radius 2 is 2.18 bits per heavy atom. The molecule has 0 amide bonds. The van der Waals surface area contributed by atoms with Gasteiger partial charge in [0.25, 0.3) is 0 Å². The zero-order valence-corrected chi connectivity index (χ0v) is 11.7. The molecule has 0 spiro atoms. The van der Waals surface area contributed by atoms with E-state index in [2.05, 4.69) is 21.2 Å². The van der Waals surface area contributed by atoms with Crippen molar-refractivity contribution in [1.82, 2.24) is 5.32 Å². The first-order valence-electron chi connectivity index (χ1n) is 5.40. The second kappa shape index (κ2) is 7.66. The highest BCUT2D eigenvalue weighted by Crippen LogP contribution is 2.27. The molecule has 1 unspecified atom stereocenters. The summed E-state index contributed by atoms with van der Waals surface area (Å²) < 4.78 is 10.9. The van der Waals surface area contributed by atoms with Crippen molar-refractivity contribution in [2.24, 2.45) is 0 Å². The van der Waals surface area contributed by atoms with E-state index in [1.165, 1.54) is 0 Å². The lowest BCUT2D eigenvalue weighted by Crippen LogP contribution is -2.24. The molecule has 0 fully saturated rings. The van der Waals surface area contributed by atoms with Crippen LogP contribution in [0.4, 0.5) is 0 Å². The summed E-state index contributed by atoms with van der Waals surface area (Å²) in [5.41, 5.74) is 0.850. The van der Waals surface area contributed by atoms with Crippen LogP contribution >= 0.6 is 15.9 Å². The highest BCUT2D eigenvalue weighted by Gasteiger charge is 2.09. The normalized spacial score (nSPS) is 12.5. The summed E-state index contributed by atoms with van der Waals surface area (Å²) in [5, 5.41) is 13.1. The molecule has 0 aliphatic rings. The fourth-order valence-electron chi connectivity index (χ4n) is 1.42. The largest absolute Gasteiger partial charge is 0.496 e. The van der Waals surface area contributed by atoms with Gasteiger partial charge < -0.3 is 19.9 Å². The van der Waals surface area contributed by atoms with Crippen LogP contribution < -0.4 is 10.1 Å². The molecule has 0 heterocycles. The van der Waals surface area contributed by atoms with Gasteiger partial charge in [-0.15, -0.1) is 0 Å². The molecular formula is C12H18BrNO3.